The van der Waals surface area contributed by atoms with Gasteiger partial charge in [0, 0.05) is 52.1 Å². The van der Waals surface area contributed by atoms with E-state index >= 15 is 0 Å². The van der Waals surface area contributed by atoms with E-state index in [1.165, 1.54) is 7.11 Å². The summed E-state index contributed by atoms with van der Waals surface area (Å²) in [5.74, 6) is 1.28. The fraction of sp³-hybridized carbons (Fsp3) is 0.419. The molecule has 4 rings (SSSR count). The van der Waals surface area contributed by atoms with E-state index in [9.17, 15) is 14.7 Å². The van der Waals surface area contributed by atoms with Crippen molar-refractivity contribution in [1.29, 1.82) is 0 Å². The van der Waals surface area contributed by atoms with E-state index in [-0.39, 0.29) is 31.2 Å². The first kappa shape index (κ1) is 29.3. The molecule has 1 aliphatic heterocycles. The monoisotopic (exact) mass is 549 g/mol. The van der Waals surface area contributed by atoms with Crippen LogP contribution in [0.2, 0.25) is 0 Å². The molecule has 1 fully saturated rings. The first-order valence-electron chi connectivity index (χ1n) is 13.6. The van der Waals surface area contributed by atoms with Crippen LogP contribution in [-0.2, 0) is 22.6 Å². The van der Waals surface area contributed by atoms with Crippen molar-refractivity contribution in [3.8, 4) is 11.5 Å². The smallest absolute Gasteiger partial charge is 0.250 e. The van der Waals surface area contributed by atoms with Gasteiger partial charge in [-0.25, -0.2) is 0 Å². The lowest BCUT2D eigenvalue weighted by Crippen LogP contribution is -2.52. The third-order valence-corrected chi connectivity index (χ3v) is 6.83. The van der Waals surface area contributed by atoms with Crippen molar-refractivity contribution >= 4 is 5.91 Å². The number of amides is 1. The Morgan fingerprint density at radius 1 is 0.950 bits per heavy atom. The molecule has 2 heterocycles. The topological polar surface area (TPSA) is 93.5 Å². The molecule has 9 heteroatoms. The predicted octanol–water partition coefficient (Wildman–Crippen LogP) is 2.73. The highest BCUT2D eigenvalue weighted by Gasteiger charge is 2.37. The molecule has 214 valence electrons. The van der Waals surface area contributed by atoms with E-state index in [0.717, 1.165) is 23.3 Å². The highest BCUT2D eigenvalue weighted by molar-refractivity contribution is 5.77. The Labute approximate surface area is 235 Å². The Hall–Kier alpha value is -3.66. The Balaban J connectivity index is 1.33. The van der Waals surface area contributed by atoms with Crippen LogP contribution in [0.1, 0.15) is 17.5 Å². The summed E-state index contributed by atoms with van der Waals surface area (Å²) in [6.07, 6.45) is 2.59. The highest BCUT2D eigenvalue weighted by atomic mass is 16.5. The van der Waals surface area contributed by atoms with Gasteiger partial charge in [0.1, 0.15) is 30.3 Å². The SMILES string of the molecule is COCC(=O)N1CCN(Cc2ccc(OCCCn3cc(C)ccc3=O)cc2)C[C@@](O)(COc2ccccc2)C1. The van der Waals surface area contributed by atoms with Crippen molar-refractivity contribution in [3.63, 3.8) is 0 Å². The van der Waals surface area contributed by atoms with Gasteiger partial charge in [-0.3, -0.25) is 14.5 Å². The zero-order chi connectivity index (χ0) is 28.4. The van der Waals surface area contributed by atoms with Crippen LogP contribution in [0.4, 0.5) is 0 Å². The maximum atomic E-state index is 12.6. The normalized spacial score (nSPS) is 17.8. The van der Waals surface area contributed by atoms with E-state index < -0.39 is 5.60 Å². The van der Waals surface area contributed by atoms with Gasteiger partial charge < -0.3 is 28.8 Å². The number of rotatable bonds is 12. The molecule has 9 nitrogen and oxygen atoms in total. The number of hydrogen-bond acceptors (Lipinski definition) is 7. The van der Waals surface area contributed by atoms with Crippen molar-refractivity contribution in [1.82, 2.24) is 14.4 Å². The van der Waals surface area contributed by atoms with Gasteiger partial charge in [0.05, 0.1) is 13.2 Å². The molecule has 0 aliphatic carbocycles. The zero-order valence-corrected chi connectivity index (χ0v) is 23.3. The van der Waals surface area contributed by atoms with Gasteiger partial charge in [0.2, 0.25) is 5.91 Å². The molecule has 40 heavy (non-hydrogen) atoms. The predicted molar refractivity (Wildman–Crippen MR) is 153 cm³/mol. The summed E-state index contributed by atoms with van der Waals surface area (Å²) < 4.78 is 18.6. The van der Waals surface area contributed by atoms with Gasteiger partial charge in [0.25, 0.3) is 5.56 Å². The summed E-state index contributed by atoms with van der Waals surface area (Å²) in [6, 6.07) is 20.7. The largest absolute Gasteiger partial charge is 0.494 e. The number of ether oxygens (including phenoxy) is 3. The van der Waals surface area contributed by atoms with Crippen LogP contribution in [0.3, 0.4) is 0 Å². The quantitative estimate of drug-likeness (QED) is 0.347. The molecule has 3 aromatic rings. The number of para-hydroxylation sites is 1. The molecule has 0 unspecified atom stereocenters. The van der Waals surface area contributed by atoms with Crippen LogP contribution >= 0.6 is 0 Å². The molecule has 1 atom stereocenters. The van der Waals surface area contributed by atoms with Crippen molar-refractivity contribution in [2.75, 3.05) is 53.1 Å². The van der Waals surface area contributed by atoms with E-state index in [4.69, 9.17) is 14.2 Å². The lowest BCUT2D eigenvalue weighted by Gasteiger charge is -2.33. The highest BCUT2D eigenvalue weighted by Crippen LogP contribution is 2.21. The second-order valence-electron chi connectivity index (χ2n) is 10.4. The molecular formula is C31H39N3O6. The summed E-state index contributed by atoms with van der Waals surface area (Å²) in [6.45, 7) is 5.34. The lowest BCUT2D eigenvalue weighted by atomic mass is 10.0. The number of β-amino-alcohol motifs (C(OH)–C–C–N with tert-alkyl or cyclic N) is 1. The second kappa shape index (κ2) is 14.1. The van der Waals surface area contributed by atoms with E-state index in [1.807, 2.05) is 73.8 Å². The third kappa shape index (κ3) is 8.67. The number of carbonyl (C=O) groups excluding carboxylic acids is 1. The van der Waals surface area contributed by atoms with Crippen LogP contribution in [-0.4, -0.2) is 84.1 Å². The molecule has 0 spiro atoms. The minimum absolute atomic E-state index is 0.00632. The molecular weight excluding hydrogens is 510 g/mol. The van der Waals surface area contributed by atoms with Crippen LogP contribution in [0.25, 0.3) is 0 Å². The Morgan fingerprint density at radius 3 is 2.45 bits per heavy atom. The van der Waals surface area contributed by atoms with Crippen LogP contribution in [0.15, 0.2) is 77.7 Å². The summed E-state index contributed by atoms with van der Waals surface area (Å²) in [4.78, 5) is 28.4. The standard InChI is InChI=1S/C31H39N3O6/c1-25-9-14-29(35)33(19-25)15-6-18-39-28-12-10-26(11-13-28)20-32-16-17-34(30(36)21-38-2)23-31(37,22-32)24-40-27-7-4-3-5-8-27/h3-5,7-14,19,37H,6,15-18,20-24H2,1-2H3/t31-/m0/s1. The molecule has 1 amide bonds. The molecule has 2 aromatic carbocycles. The van der Waals surface area contributed by atoms with Crippen molar-refractivity contribution < 1.29 is 24.1 Å². The summed E-state index contributed by atoms with van der Waals surface area (Å²) in [7, 11) is 1.49. The van der Waals surface area contributed by atoms with E-state index in [2.05, 4.69) is 4.90 Å². The number of carbonyl (C=O) groups is 1. The average Bonchev–Trinajstić information content (AvgIpc) is 3.12. The number of methoxy groups -OCH3 is 1. The van der Waals surface area contributed by atoms with E-state index in [1.54, 1.807) is 15.5 Å². The summed E-state index contributed by atoms with van der Waals surface area (Å²) >= 11 is 0. The molecule has 1 N–H and O–H groups in total. The van der Waals surface area contributed by atoms with Crippen LogP contribution < -0.4 is 15.0 Å². The maximum absolute atomic E-state index is 12.6. The molecule has 1 aliphatic rings. The van der Waals surface area contributed by atoms with Gasteiger partial charge in [-0.05, 0) is 48.7 Å². The van der Waals surface area contributed by atoms with Crippen LogP contribution in [0.5, 0.6) is 11.5 Å². The summed E-state index contributed by atoms with van der Waals surface area (Å²) in [5, 5.41) is 11.6. The van der Waals surface area contributed by atoms with Crippen molar-refractivity contribution in [2.24, 2.45) is 0 Å². The zero-order valence-electron chi connectivity index (χ0n) is 23.3. The van der Waals surface area contributed by atoms with Crippen molar-refractivity contribution in [3.05, 3.63) is 94.4 Å². The minimum atomic E-state index is -1.25. The van der Waals surface area contributed by atoms with Gasteiger partial charge in [0.15, 0.2) is 0 Å². The minimum Gasteiger partial charge on any atom is -0.494 e. The number of nitrogens with zero attached hydrogens (tertiary/aromatic N) is 3. The molecule has 0 bridgehead atoms. The first-order valence-corrected chi connectivity index (χ1v) is 13.6. The van der Waals surface area contributed by atoms with Gasteiger partial charge in [-0.2, -0.15) is 0 Å². The Kier molecular flexibility index (Phi) is 10.3. The molecule has 1 aromatic heterocycles. The molecule has 0 radical (unpaired) electrons. The number of hydrogen-bond donors (Lipinski definition) is 1. The van der Waals surface area contributed by atoms with Crippen molar-refractivity contribution in [2.45, 2.75) is 32.0 Å². The number of aromatic nitrogens is 1. The Morgan fingerprint density at radius 2 is 1.70 bits per heavy atom. The molecule has 1 saturated heterocycles. The first-order chi connectivity index (χ1) is 19.3. The number of pyridine rings is 1. The van der Waals surface area contributed by atoms with Crippen LogP contribution in [0, 0.1) is 6.92 Å². The number of aliphatic hydroxyl groups is 1. The lowest BCUT2D eigenvalue weighted by molar-refractivity contribution is -0.138. The fourth-order valence-electron chi connectivity index (χ4n) is 4.83. The van der Waals surface area contributed by atoms with Gasteiger partial charge in [-0.1, -0.05) is 36.4 Å². The Bertz CT molecular complexity index is 1280. The molecule has 0 saturated carbocycles. The average molecular weight is 550 g/mol. The van der Waals surface area contributed by atoms with Gasteiger partial charge in [-0.15, -0.1) is 0 Å². The second-order valence-corrected chi connectivity index (χ2v) is 10.4. The summed E-state index contributed by atoms with van der Waals surface area (Å²) in [5.41, 5.74) is 0.865. The number of benzene rings is 2. The third-order valence-electron chi connectivity index (χ3n) is 6.83. The van der Waals surface area contributed by atoms with E-state index in [0.29, 0.717) is 45.1 Å². The number of aryl methyl sites for hydroxylation is 2. The maximum Gasteiger partial charge on any atom is 0.250 e. The fourth-order valence-corrected chi connectivity index (χ4v) is 4.83. The van der Waals surface area contributed by atoms with Gasteiger partial charge >= 0.3 is 0 Å².